The summed E-state index contributed by atoms with van der Waals surface area (Å²) in [6.07, 6.45) is 2.50. The zero-order chi connectivity index (χ0) is 14.8. The van der Waals surface area contributed by atoms with E-state index < -0.39 is 22.1 Å². The Bertz CT molecular complexity index is 453. The van der Waals surface area contributed by atoms with Crippen LogP contribution in [0.4, 0.5) is 0 Å². The maximum Gasteiger partial charge on any atom is 0.307 e. The Morgan fingerprint density at radius 2 is 1.85 bits per heavy atom. The van der Waals surface area contributed by atoms with Crippen LogP contribution in [0.25, 0.3) is 0 Å². The van der Waals surface area contributed by atoms with Crippen LogP contribution in [0.15, 0.2) is 0 Å². The van der Waals surface area contributed by atoms with E-state index in [1.807, 2.05) is 0 Å². The molecule has 0 aromatic carbocycles. The lowest BCUT2D eigenvalue weighted by Gasteiger charge is -2.32. The third kappa shape index (κ3) is 3.30. The van der Waals surface area contributed by atoms with Crippen molar-refractivity contribution in [1.29, 1.82) is 0 Å². The van der Waals surface area contributed by atoms with E-state index >= 15 is 0 Å². The van der Waals surface area contributed by atoms with E-state index in [1.54, 1.807) is 0 Å². The summed E-state index contributed by atoms with van der Waals surface area (Å²) >= 11 is 0. The number of aliphatic hydroxyl groups excluding tert-OH is 1. The fourth-order valence-corrected chi connectivity index (χ4v) is 4.73. The van der Waals surface area contributed by atoms with Gasteiger partial charge < -0.3 is 10.2 Å². The monoisotopic (exact) mass is 306 g/mol. The molecule has 0 saturated carbocycles. The van der Waals surface area contributed by atoms with Crippen LogP contribution in [0.5, 0.6) is 0 Å². The van der Waals surface area contributed by atoms with Crippen molar-refractivity contribution < 1.29 is 23.4 Å². The standard InChI is InChI=1S/C12H22N2O5S/c15-7-4-10-3-6-14(8-10)20(18,19)13-5-1-2-11(9-13)12(16)17/h10-11,15H,1-9H2,(H,16,17). The van der Waals surface area contributed by atoms with Crippen LogP contribution in [0.3, 0.4) is 0 Å². The van der Waals surface area contributed by atoms with Crippen LogP contribution >= 0.6 is 0 Å². The fraction of sp³-hybridized carbons (Fsp3) is 0.917. The van der Waals surface area contributed by atoms with E-state index in [-0.39, 0.29) is 19.1 Å². The number of hydrogen-bond donors (Lipinski definition) is 2. The SMILES string of the molecule is O=C(O)C1CCCN(S(=O)(=O)N2CCC(CCO)C2)C1. The molecule has 2 aliphatic heterocycles. The number of aliphatic hydroxyl groups is 1. The first-order valence-electron chi connectivity index (χ1n) is 7.04. The van der Waals surface area contributed by atoms with Crippen LogP contribution in [0, 0.1) is 11.8 Å². The highest BCUT2D eigenvalue weighted by molar-refractivity contribution is 7.86. The van der Waals surface area contributed by atoms with Crippen molar-refractivity contribution in [2.45, 2.75) is 25.7 Å². The van der Waals surface area contributed by atoms with Gasteiger partial charge in [0.05, 0.1) is 5.92 Å². The third-order valence-corrected chi connectivity index (χ3v) is 6.14. The summed E-state index contributed by atoms with van der Waals surface area (Å²) in [5.41, 5.74) is 0. The van der Waals surface area contributed by atoms with E-state index in [9.17, 15) is 13.2 Å². The Hall–Kier alpha value is -0.700. The van der Waals surface area contributed by atoms with Crippen molar-refractivity contribution in [3.8, 4) is 0 Å². The van der Waals surface area contributed by atoms with Gasteiger partial charge in [-0.05, 0) is 31.6 Å². The fourth-order valence-electron chi connectivity index (χ4n) is 2.94. The van der Waals surface area contributed by atoms with E-state index in [0.717, 1.165) is 6.42 Å². The third-order valence-electron chi connectivity index (χ3n) is 4.17. The second kappa shape index (κ2) is 6.38. The van der Waals surface area contributed by atoms with E-state index in [1.165, 1.54) is 8.61 Å². The zero-order valence-corrected chi connectivity index (χ0v) is 12.3. The molecule has 2 aliphatic rings. The molecule has 0 amide bonds. The van der Waals surface area contributed by atoms with Crippen LogP contribution in [-0.4, -0.2) is 66.0 Å². The average molecular weight is 306 g/mol. The molecule has 2 atom stereocenters. The molecule has 20 heavy (non-hydrogen) atoms. The minimum Gasteiger partial charge on any atom is -0.481 e. The van der Waals surface area contributed by atoms with Crippen molar-refractivity contribution in [3.05, 3.63) is 0 Å². The number of nitrogens with zero attached hydrogens (tertiary/aromatic N) is 2. The molecular formula is C12H22N2O5S. The van der Waals surface area contributed by atoms with Gasteiger partial charge in [-0.3, -0.25) is 4.79 Å². The quantitative estimate of drug-likeness (QED) is 0.729. The van der Waals surface area contributed by atoms with Gasteiger partial charge in [-0.25, -0.2) is 0 Å². The highest BCUT2D eigenvalue weighted by Gasteiger charge is 2.38. The predicted molar refractivity (Wildman–Crippen MR) is 72.2 cm³/mol. The van der Waals surface area contributed by atoms with Gasteiger partial charge in [0.25, 0.3) is 10.2 Å². The van der Waals surface area contributed by atoms with Crippen molar-refractivity contribution in [2.24, 2.45) is 11.8 Å². The Kier molecular flexibility index (Phi) is 5.00. The molecule has 2 heterocycles. The van der Waals surface area contributed by atoms with Crippen molar-refractivity contribution >= 4 is 16.2 Å². The Morgan fingerprint density at radius 1 is 1.15 bits per heavy atom. The van der Waals surface area contributed by atoms with Gasteiger partial charge in [-0.1, -0.05) is 0 Å². The molecule has 7 nitrogen and oxygen atoms in total. The van der Waals surface area contributed by atoms with Crippen molar-refractivity contribution in [1.82, 2.24) is 8.61 Å². The lowest BCUT2D eigenvalue weighted by molar-refractivity contribution is -0.142. The van der Waals surface area contributed by atoms with E-state index in [4.69, 9.17) is 10.2 Å². The Balaban J connectivity index is 2.01. The van der Waals surface area contributed by atoms with E-state index in [2.05, 4.69) is 0 Å². The molecule has 116 valence electrons. The Labute approximate surface area is 119 Å². The summed E-state index contributed by atoms with van der Waals surface area (Å²) in [5.74, 6) is -1.33. The van der Waals surface area contributed by atoms with Gasteiger partial charge in [-0.2, -0.15) is 17.0 Å². The first-order chi connectivity index (χ1) is 9.45. The summed E-state index contributed by atoms with van der Waals surface area (Å²) < 4.78 is 27.7. The lowest BCUT2D eigenvalue weighted by atomic mass is 10.0. The Morgan fingerprint density at radius 3 is 2.50 bits per heavy atom. The number of aliphatic carboxylic acids is 1. The molecule has 0 aliphatic carbocycles. The maximum absolute atomic E-state index is 12.5. The highest BCUT2D eigenvalue weighted by Crippen LogP contribution is 2.26. The van der Waals surface area contributed by atoms with Gasteiger partial charge in [0, 0.05) is 32.8 Å². The summed E-state index contributed by atoms with van der Waals surface area (Å²) in [5, 5.41) is 18.0. The number of carbonyl (C=O) groups is 1. The number of hydrogen-bond acceptors (Lipinski definition) is 4. The molecule has 2 unspecified atom stereocenters. The molecule has 2 rings (SSSR count). The number of carboxylic acid groups (broad SMARTS) is 1. The number of carboxylic acids is 1. The average Bonchev–Trinajstić information content (AvgIpc) is 2.88. The van der Waals surface area contributed by atoms with Crippen LogP contribution in [0.1, 0.15) is 25.7 Å². The predicted octanol–water partition coefficient (Wildman–Crippen LogP) is -0.268. The van der Waals surface area contributed by atoms with Crippen LogP contribution in [0.2, 0.25) is 0 Å². The van der Waals surface area contributed by atoms with Gasteiger partial charge in [-0.15, -0.1) is 0 Å². The maximum atomic E-state index is 12.5. The smallest absolute Gasteiger partial charge is 0.307 e. The lowest BCUT2D eigenvalue weighted by Crippen LogP contribution is -2.48. The topological polar surface area (TPSA) is 98.2 Å². The minimum absolute atomic E-state index is 0.0683. The second-order valence-electron chi connectivity index (χ2n) is 5.57. The van der Waals surface area contributed by atoms with Crippen molar-refractivity contribution in [3.63, 3.8) is 0 Å². The highest BCUT2D eigenvalue weighted by atomic mass is 32.2. The number of rotatable bonds is 5. The summed E-state index contributed by atoms with van der Waals surface area (Å²) in [6, 6.07) is 0. The van der Waals surface area contributed by atoms with Gasteiger partial charge in [0.2, 0.25) is 0 Å². The van der Waals surface area contributed by atoms with Gasteiger partial charge in [0.1, 0.15) is 0 Å². The first kappa shape index (κ1) is 15.7. The molecule has 0 spiro atoms. The summed E-state index contributed by atoms with van der Waals surface area (Å²) in [4.78, 5) is 11.0. The normalized spacial score (nSPS) is 29.6. The molecule has 0 bridgehead atoms. The second-order valence-corrected chi connectivity index (χ2v) is 7.50. The molecule has 2 N–H and O–H groups in total. The molecule has 0 radical (unpaired) electrons. The van der Waals surface area contributed by atoms with Crippen LogP contribution in [-0.2, 0) is 15.0 Å². The molecule has 2 saturated heterocycles. The minimum atomic E-state index is -3.56. The van der Waals surface area contributed by atoms with E-state index in [0.29, 0.717) is 38.9 Å². The van der Waals surface area contributed by atoms with Crippen molar-refractivity contribution in [2.75, 3.05) is 32.8 Å². The molecular weight excluding hydrogens is 284 g/mol. The molecule has 8 heteroatoms. The van der Waals surface area contributed by atoms with Gasteiger partial charge >= 0.3 is 5.97 Å². The first-order valence-corrected chi connectivity index (χ1v) is 8.43. The molecule has 0 aromatic heterocycles. The number of piperidine rings is 1. The zero-order valence-electron chi connectivity index (χ0n) is 11.4. The summed E-state index contributed by atoms with van der Waals surface area (Å²) in [6.45, 7) is 1.42. The summed E-state index contributed by atoms with van der Waals surface area (Å²) in [7, 11) is -3.56. The van der Waals surface area contributed by atoms with Crippen LogP contribution < -0.4 is 0 Å². The molecule has 0 aromatic rings. The molecule has 2 fully saturated rings. The largest absolute Gasteiger partial charge is 0.481 e. The van der Waals surface area contributed by atoms with Gasteiger partial charge in [0.15, 0.2) is 0 Å².